The quantitative estimate of drug-likeness (QED) is 0.584. The highest BCUT2D eigenvalue weighted by atomic mass is 16.5. The van der Waals surface area contributed by atoms with Crippen LogP contribution in [0.15, 0.2) is 24.3 Å². The van der Waals surface area contributed by atoms with Gasteiger partial charge in [-0.15, -0.1) is 0 Å². The number of rotatable bonds is 6. The van der Waals surface area contributed by atoms with Crippen LogP contribution < -0.4 is 20.1 Å². The number of hydrogen-bond acceptors (Lipinski definition) is 5. The largest absolute Gasteiger partial charge is 0.497 e. The Hall–Kier alpha value is -2.08. The van der Waals surface area contributed by atoms with Crippen molar-refractivity contribution in [3.05, 3.63) is 24.3 Å². The first-order chi connectivity index (χ1) is 9.69. The van der Waals surface area contributed by atoms with Crippen LogP contribution in [0, 0.1) is 0 Å². The van der Waals surface area contributed by atoms with Gasteiger partial charge in [0.2, 0.25) is 11.8 Å². The lowest BCUT2D eigenvalue weighted by molar-refractivity contribution is -0.134. The number of nitrogens with one attached hydrogen (secondary N) is 2. The number of imide groups is 1. The van der Waals surface area contributed by atoms with Gasteiger partial charge < -0.3 is 14.8 Å². The summed E-state index contributed by atoms with van der Waals surface area (Å²) in [7, 11) is 1.61. The average molecular weight is 278 g/mol. The fourth-order valence-electron chi connectivity index (χ4n) is 1.96. The summed E-state index contributed by atoms with van der Waals surface area (Å²) in [6, 6.07) is 6.98. The van der Waals surface area contributed by atoms with Crippen LogP contribution in [-0.2, 0) is 9.59 Å². The average Bonchev–Trinajstić information content (AvgIpc) is 2.46. The molecule has 1 heterocycles. The van der Waals surface area contributed by atoms with Crippen molar-refractivity contribution in [3.8, 4) is 11.5 Å². The first kappa shape index (κ1) is 14.3. The van der Waals surface area contributed by atoms with Crippen LogP contribution in [0.1, 0.15) is 12.8 Å². The van der Waals surface area contributed by atoms with Crippen molar-refractivity contribution in [2.75, 3.05) is 20.3 Å². The van der Waals surface area contributed by atoms with E-state index in [0.29, 0.717) is 26.0 Å². The summed E-state index contributed by atoms with van der Waals surface area (Å²) in [6.45, 7) is 0.988. The van der Waals surface area contributed by atoms with E-state index in [9.17, 15) is 9.59 Å². The van der Waals surface area contributed by atoms with Crippen molar-refractivity contribution in [1.29, 1.82) is 0 Å². The minimum atomic E-state index is -0.313. The third-order valence-corrected chi connectivity index (χ3v) is 3.06. The standard InChI is InChI=1S/C14H18N2O4/c1-19-10-2-4-11(5-3-10)20-9-8-15-12-6-7-13(17)16-14(12)18/h2-5,12,15H,6-9H2,1H3,(H,16,17,18). The van der Waals surface area contributed by atoms with Gasteiger partial charge in [-0.25, -0.2) is 0 Å². The summed E-state index contributed by atoms with van der Waals surface area (Å²) >= 11 is 0. The van der Waals surface area contributed by atoms with Crippen LogP contribution in [0.2, 0.25) is 0 Å². The Morgan fingerprint density at radius 3 is 2.60 bits per heavy atom. The molecule has 0 bridgehead atoms. The van der Waals surface area contributed by atoms with E-state index in [2.05, 4.69) is 10.6 Å². The first-order valence-corrected chi connectivity index (χ1v) is 6.53. The lowest BCUT2D eigenvalue weighted by Crippen LogP contribution is -2.51. The number of carbonyl (C=O) groups is 2. The van der Waals surface area contributed by atoms with Crippen LogP contribution in [0.25, 0.3) is 0 Å². The summed E-state index contributed by atoms with van der Waals surface area (Å²) in [4.78, 5) is 22.5. The van der Waals surface area contributed by atoms with Crippen LogP contribution in [-0.4, -0.2) is 38.1 Å². The number of benzene rings is 1. The summed E-state index contributed by atoms with van der Waals surface area (Å²) in [5, 5.41) is 5.38. The molecule has 1 aliphatic rings. The number of ether oxygens (including phenoxy) is 2. The molecule has 0 saturated carbocycles. The van der Waals surface area contributed by atoms with Gasteiger partial charge in [0.25, 0.3) is 0 Å². The molecule has 1 atom stereocenters. The second-order valence-electron chi connectivity index (χ2n) is 4.48. The molecule has 1 unspecified atom stereocenters. The first-order valence-electron chi connectivity index (χ1n) is 6.53. The van der Waals surface area contributed by atoms with E-state index in [0.717, 1.165) is 11.5 Å². The highest BCUT2D eigenvalue weighted by molar-refractivity contribution is 6.00. The smallest absolute Gasteiger partial charge is 0.243 e. The zero-order valence-electron chi connectivity index (χ0n) is 11.3. The molecule has 2 amide bonds. The fraction of sp³-hybridized carbons (Fsp3) is 0.429. The van der Waals surface area contributed by atoms with E-state index in [1.807, 2.05) is 24.3 Å². The van der Waals surface area contributed by atoms with Gasteiger partial charge in [0.1, 0.15) is 18.1 Å². The molecule has 1 fully saturated rings. The number of methoxy groups -OCH3 is 1. The second kappa shape index (κ2) is 6.91. The lowest BCUT2D eigenvalue weighted by atomic mass is 10.1. The molecule has 2 N–H and O–H groups in total. The molecule has 0 radical (unpaired) electrons. The molecule has 0 aromatic heterocycles. The van der Waals surface area contributed by atoms with Gasteiger partial charge in [0, 0.05) is 13.0 Å². The molecular weight excluding hydrogens is 260 g/mol. The van der Waals surface area contributed by atoms with Gasteiger partial charge in [0.15, 0.2) is 0 Å². The molecule has 1 aromatic rings. The molecule has 1 aliphatic heterocycles. The number of amides is 2. The lowest BCUT2D eigenvalue weighted by Gasteiger charge is -2.21. The maximum Gasteiger partial charge on any atom is 0.243 e. The van der Waals surface area contributed by atoms with E-state index in [1.54, 1.807) is 7.11 Å². The number of piperidine rings is 1. The van der Waals surface area contributed by atoms with Crippen molar-refractivity contribution >= 4 is 11.8 Å². The van der Waals surface area contributed by atoms with Crippen LogP contribution in [0.4, 0.5) is 0 Å². The highest BCUT2D eigenvalue weighted by Crippen LogP contribution is 2.16. The SMILES string of the molecule is COc1ccc(OCCNC2CCC(=O)NC2=O)cc1. The second-order valence-corrected chi connectivity index (χ2v) is 4.48. The van der Waals surface area contributed by atoms with Crippen LogP contribution in [0.5, 0.6) is 11.5 Å². The van der Waals surface area contributed by atoms with Gasteiger partial charge in [-0.3, -0.25) is 14.9 Å². The molecule has 6 heteroatoms. The minimum absolute atomic E-state index is 0.206. The maximum atomic E-state index is 11.5. The number of carbonyl (C=O) groups excluding carboxylic acids is 2. The summed E-state index contributed by atoms with van der Waals surface area (Å²) in [5.74, 6) is 1.06. The van der Waals surface area contributed by atoms with Gasteiger partial charge in [-0.1, -0.05) is 0 Å². The zero-order valence-corrected chi connectivity index (χ0v) is 11.3. The van der Waals surface area contributed by atoms with Gasteiger partial charge in [-0.2, -0.15) is 0 Å². The Labute approximate surface area is 117 Å². The van der Waals surface area contributed by atoms with Crippen molar-refractivity contribution in [3.63, 3.8) is 0 Å². The molecular formula is C14H18N2O4. The molecule has 0 aliphatic carbocycles. The van der Waals surface area contributed by atoms with Crippen LogP contribution in [0.3, 0.4) is 0 Å². The normalized spacial score (nSPS) is 18.6. The fourth-order valence-corrected chi connectivity index (χ4v) is 1.96. The van der Waals surface area contributed by atoms with E-state index >= 15 is 0 Å². The van der Waals surface area contributed by atoms with E-state index in [4.69, 9.17) is 9.47 Å². The van der Waals surface area contributed by atoms with Crippen molar-refractivity contribution in [1.82, 2.24) is 10.6 Å². The van der Waals surface area contributed by atoms with Gasteiger partial charge >= 0.3 is 0 Å². The Kier molecular flexibility index (Phi) is 4.95. The van der Waals surface area contributed by atoms with Crippen molar-refractivity contribution in [2.24, 2.45) is 0 Å². The Bertz CT molecular complexity index is 473. The predicted octanol–water partition coefficient (Wildman–Crippen LogP) is 0.469. The maximum absolute atomic E-state index is 11.5. The molecule has 20 heavy (non-hydrogen) atoms. The molecule has 2 rings (SSSR count). The third kappa shape index (κ3) is 3.96. The van der Waals surface area contributed by atoms with E-state index in [1.165, 1.54) is 0 Å². The van der Waals surface area contributed by atoms with Gasteiger partial charge in [-0.05, 0) is 30.7 Å². The van der Waals surface area contributed by atoms with Crippen molar-refractivity contribution < 1.29 is 19.1 Å². The Morgan fingerprint density at radius 2 is 1.95 bits per heavy atom. The molecule has 0 spiro atoms. The summed E-state index contributed by atoms with van der Waals surface area (Å²) < 4.78 is 10.6. The Balaban J connectivity index is 1.68. The zero-order chi connectivity index (χ0) is 14.4. The van der Waals surface area contributed by atoms with E-state index < -0.39 is 0 Å². The Morgan fingerprint density at radius 1 is 1.25 bits per heavy atom. The van der Waals surface area contributed by atoms with E-state index in [-0.39, 0.29) is 17.9 Å². The molecule has 1 saturated heterocycles. The molecule has 1 aromatic carbocycles. The predicted molar refractivity (Wildman–Crippen MR) is 72.7 cm³/mol. The molecule has 108 valence electrons. The summed E-state index contributed by atoms with van der Waals surface area (Å²) in [5.41, 5.74) is 0. The minimum Gasteiger partial charge on any atom is -0.497 e. The van der Waals surface area contributed by atoms with Crippen molar-refractivity contribution in [2.45, 2.75) is 18.9 Å². The molecule has 6 nitrogen and oxygen atoms in total. The van der Waals surface area contributed by atoms with Gasteiger partial charge in [0.05, 0.1) is 13.2 Å². The third-order valence-electron chi connectivity index (χ3n) is 3.06. The van der Waals surface area contributed by atoms with Crippen LogP contribution >= 0.6 is 0 Å². The topological polar surface area (TPSA) is 76.7 Å². The number of hydrogen-bond donors (Lipinski definition) is 2. The summed E-state index contributed by atoms with van der Waals surface area (Å²) in [6.07, 6.45) is 0.913. The monoisotopic (exact) mass is 278 g/mol. The highest BCUT2D eigenvalue weighted by Gasteiger charge is 2.25.